The molecule has 14 heavy (non-hydrogen) atoms. The average Bonchev–Trinajstić information content (AvgIpc) is 2.47. The molecule has 0 saturated carbocycles. The van der Waals surface area contributed by atoms with E-state index < -0.39 is 19.2 Å². The molecule has 0 fully saturated rings. The van der Waals surface area contributed by atoms with Gasteiger partial charge in [-0.1, -0.05) is 0 Å². The van der Waals surface area contributed by atoms with Crippen molar-refractivity contribution in [3.05, 3.63) is 33.0 Å². The minimum absolute atomic E-state index is 0.0370. The molecule has 0 bridgehead atoms. The minimum atomic E-state index is -2.69. The van der Waals surface area contributed by atoms with Crippen LogP contribution in [0.25, 0.3) is 0 Å². The fraction of sp³-hybridized carbons (Fsp3) is 0. The van der Waals surface area contributed by atoms with Crippen LogP contribution in [0.3, 0.4) is 0 Å². The van der Waals surface area contributed by atoms with Gasteiger partial charge in [-0.05, 0) is 0 Å². The molecule has 0 radical (unpaired) electrons. The summed E-state index contributed by atoms with van der Waals surface area (Å²) in [4.78, 5) is 9.96. The topological polar surface area (TPSA) is 111 Å². The molecule has 2 rings (SSSR count). The fourth-order valence-electron chi connectivity index (χ4n) is 1.09. The molecule has 1 aromatic carbocycles. The van der Waals surface area contributed by atoms with Crippen LogP contribution in [0.5, 0.6) is 0 Å². The number of fused-ring (bicyclic) bond motifs is 1. The van der Waals surface area contributed by atoms with Gasteiger partial charge in [-0.3, -0.25) is 0 Å². The molecule has 0 spiro atoms. The van der Waals surface area contributed by atoms with E-state index in [4.69, 9.17) is 5.73 Å². The van der Waals surface area contributed by atoms with Crippen LogP contribution >= 0.6 is 0 Å². The predicted molar refractivity (Wildman–Crippen MR) is 46.3 cm³/mol. The first-order chi connectivity index (χ1) is 6.59. The Hall–Kier alpha value is -1.66. The molecule has 0 amide bonds. The quantitative estimate of drug-likeness (QED) is 0.297. The second-order valence-electron chi connectivity index (χ2n) is 2.54. The molecule has 1 unspecified atom stereocenters. The first-order valence-corrected chi connectivity index (χ1v) is 5.75. The molecule has 1 aromatic rings. The molecule has 8 heteroatoms. The molecule has 1 aliphatic rings. The van der Waals surface area contributed by atoms with Crippen molar-refractivity contribution in [1.29, 1.82) is 0 Å². The zero-order valence-electron chi connectivity index (χ0n) is 6.71. The Labute approximate surface area is 81.6 Å². The van der Waals surface area contributed by atoms with Gasteiger partial charge in [0.05, 0.1) is 0 Å². The summed E-state index contributed by atoms with van der Waals surface area (Å²) in [7, 11) is 0. The fourth-order valence-corrected chi connectivity index (χ4v) is 2.62. The Kier molecular flexibility index (Phi) is 1.87. The van der Waals surface area contributed by atoms with E-state index in [-0.39, 0.29) is 22.1 Å². The number of anilines is 1. The van der Waals surface area contributed by atoms with E-state index in [2.05, 4.69) is 8.02 Å². The van der Waals surface area contributed by atoms with E-state index in [1.807, 2.05) is 0 Å². The van der Waals surface area contributed by atoms with Gasteiger partial charge in [-0.2, -0.15) is 0 Å². The summed E-state index contributed by atoms with van der Waals surface area (Å²) in [5.41, 5.74) is 5.56. The summed E-state index contributed by atoms with van der Waals surface area (Å²) in [6.45, 7) is 0. The van der Waals surface area contributed by atoms with Gasteiger partial charge >= 0.3 is 81.1 Å². The third kappa shape index (κ3) is 1.21. The van der Waals surface area contributed by atoms with Crippen molar-refractivity contribution in [1.82, 2.24) is 0 Å². The Morgan fingerprint density at radius 1 is 1.36 bits per heavy atom. The second kappa shape index (κ2) is 2.93. The Balaban J connectivity index is 2.93. The number of nitrogens with two attached hydrogens (primary N) is 1. The Morgan fingerprint density at radius 2 is 2.00 bits per heavy atom. The van der Waals surface area contributed by atoms with Gasteiger partial charge in [0, 0.05) is 0 Å². The van der Waals surface area contributed by atoms with Crippen LogP contribution in [-0.2, 0) is 3.83 Å². The molecule has 1 aliphatic heterocycles. The first-order valence-electron chi connectivity index (χ1n) is 3.52. The van der Waals surface area contributed by atoms with Gasteiger partial charge in [0.15, 0.2) is 0 Å². The van der Waals surface area contributed by atoms with E-state index >= 15 is 0 Å². The van der Waals surface area contributed by atoms with Gasteiger partial charge in [-0.15, -0.1) is 0 Å². The second-order valence-corrected chi connectivity index (χ2v) is 4.28. The predicted octanol–water partition coefficient (Wildman–Crippen LogP) is -1.15. The third-order valence-electron chi connectivity index (χ3n) is 1.70. The van der Waals surface area contributed by atoms with E-state index in [0.717, 1.165) is 0 Å². The van der Waals surface area contributed by atoms with Crippen molar-refractivity contribution < 1.29 is 8.76 Å². The summed E-state index contributed by atoms with van der Waals surface area (Å²) < 4.78 is 18.3. The summed E-state index contributed by atoms with van der Waals surface area (Å²) >= 11 is -2.69. The number of hydrogen-bond acceptors (Lipinski definition) is 4. The van der Waals surface area contributed by atoms with E-state index in [9.17, 15) is 13.9 Å². The summed E-state index contributed by atoms with van der Waals surface area (Å²) in [6, 6.07) is 2.59. The normalized spacial score (nSPS) is 18.1. The van der Waals surface area contributed by atoms with Crippen molar-refractivity contribution >= 4 is 25.6 Å². The van der Waals surface area contributed by atoms with Gasteiger partial charge < -0.3 is 0 Å². The standard InChI is InChI=1S/C6H4N4O3Se/c7-3-1-2-4(10(11)12)6-5(3)8-14(13)9-6/h1-2H,7H2. The zero-order chi connectivity index (χ0) is 10.3. The first kappa shape index (κ1) is 8.92. The molecular weight excluding hydrogens is 255 g/mol. The van der Waals surface area contributed by atoms with Crippen molar-refractivity contribution in [2.45, 2.75) is 0 Å². The van der Waals surface area contributed by atoms with Crippen LogP contribution in [0.1, 0.15) is 0 Å². The SMILES string of the molecule is Nc1ccc([N+](=O)[O-])c2c1=N[Se](=O)N=2. The average molecular weight is 259 g/mol. The molecule has 72 valence electrons. The Bertz CT molecular complexity index is 567. The molecule has 2 N–H and O–H groups in total. The molecule has 1 heterocycles. The number of nitrogens with zero attached hydrogens (tertiary/aromatic N) is 3. The monoisotopic (exact) mass is 260 g/mol. The molecule has 0 aliphatic carbocycles. The van der Waals surface area contributed by atoms with Crippen LogP contribution in [0.4, 0.5) is 11.4 Å². The number of nitro groups is 1. The van der Waals surface area contributed by atoms with E-state index in [1.54, 1.807) is 0 Å². The molecular formula is C6H4N4O3Se. The van der Waals surface area contributed by atoms with Crippen LogP contribution in [0.2, 0.25) is 0 Å². The summed E-state index contributed by atoms with van der Waals surface area (Å²) in [5, 5.41) is 10.8. The summed E-state index contributed by atoms with van der Waals surface area (Å²) in [6.07, 6.45) is 0. The number of benzene rings is 1. The van der Waals surface area contributed by atoms with Crippen molar-refractivity contribution in [2.75, 3.05) is 5.73 Å². The van der Waals surface area contributed by atoms with Gasteiger partial charge in [-0.25, -0.2) is 0 Å². The molecule has 0 aromatic heterocycles. The number of nitro benzene ring substituents is 1. The van der Waals surface area contributed by atoms with Gasteiger partial charge in [0.25, 0.3) is 0 Å². The Morgan fingerprint density at radius 3 is 2.64 bits per heavy atom. The maximum absolute atomic E-state index is 11.0. The third-order valence-corrected chi connectivity index (χ3v) is 3.12. The number of rotatable bonds is 1. The molecule has 1 atom stereocenters. The van der Waals surface area contributed by atoms with Gasteiger partial charge in [0.2, 0.25) is 0 Å². The summed E-state index contributed by atoms with van der Waals surface area (Å²) in [5.74, 6) is 0. The van der Waals surface area contributed by atoms with Crippen molar-refractivity contribution in [3.8, 4) is 0 Å². The molecule has 0 saturated heterocycles. The number of hydrogen-bond donors (Lipinski definition) is 1. The number of nitrogen functional groups attached to an aromatic ring is 1. The van der Waals surface area contributed by atoms with Crippen LogP contribution < -0.4 is 16.4 Å². The van der Waals surface area contributed by atoms with Crippen molar-refractivity contribution in [2.24, 2.45) is 8.02 Å². The van der Waals surface area contributed by atoms with Crippen LogP contribution in [-0.4, -0.2) is 19.2 Å². The van der Waals surface area contributed by atoms with Crippen LogP contribution in [0, 0.1) is 10.1 Å². The van der Waals surface area contributed by atoms with Crippen LogP contribution in [0.15, 0.2) is 20.2 Å². The van der Waals surface area contributed by atoms with E-state index in [0.29, 0.717) is 0 Å². The van der Waals surface area contributed by atoms with Gasteiger partial charge in [0.1, 0.15) is 0 Å². The zero-order valence-corrected chi connectivity index (χ0v) is 8.42. The molecule has 7 nitrogen and oxygen atoms in total. The van der Waals surface area contributed by atoms with Crippen molar-refractivity contribution in [3.63, 3.8) is 0 Å². The van der Waals surface area contributed by atoms with E-state index in [1.165, 1.54) is 12.1 Å². The maximum atomic E-state index is 11.0. The number of non-ortho nitro benzene ring substituents is 1.